The Morgan fingerprint density at radius 3 is 2.56 bits per heavy atom. The van der Waals surface area contributed by atoms with Crippen LogP contribution >= 0.6 is 0 Å². The average molecular weight is 246 g/mol. The van der Waals surface area contributed by atoms with Gasteiger partial charge in [-0.1, -0.05) is 6.07 Å². The SMILES string of the molecule is COc1ccc(C)cc1N(C)C(=O)C(C)(C)C#N. The van der Waals surface area contributed by atoms with Gasteiger partial charge in [-0.2, -0.15) is 5.26 Å². The van der Waals surface area contributed by atoms with Gasteiger partial charge < -0.3 is 9.64 Å². The molecule has 1 rings (SSSR count). The molecule has 0 bridgehead atoms. The molecule has 1 aromatic rings. The predicted molar refractivity (Wildman–Crippen MR) is 70.5 cm³/mol. The second kappa shape index (κ2) is 5.09. The van der Waals surface area contributed by atoms with Crippen LogP contribution in [-0.4, -0.2) is 20.1 Å². The van der Waals surface area contributed by atoms with Crippen molar-refractivity contribution in [1.82, 2.24) is 0 Å². The minimum atomic E-state index is -1.05. The van der Waals surface area contributed by atoms with E-state index in [4.69, 9.17) is 10.00 Å². The number of carbonyl (C=O) groups is 1. The van der Waals surface area contributed by atoms with Gasteiger partial charge in [0.1, 0.15) is 11.2 Å². The first-order chi connectivity index (χ1) is 8.33. The first kappa shape index (κ1) is 14.0. The molecule has 18 heavy (non-hydrogen) atoms. The summed E-state index contributed by atoms with van der Waals surface area (Å²) in [6.07, 6.45) is 0. The Balaban J connectivity index is 3.19. The summed E-state index contributed by atoms with van der Waals surface area (Å²) in [5, 5.41) is 9.01. The smallest absolute Gasteiger partial charge is 0.246 e. The molecule has 0 spiro atoms. The third kappa shape index (κ3) is 2.62. The number of nitrogens with zero attached hydrogens (tertiary/aromatic N) is 2. The highest BCUT2D eigenvalue weighted by Crippen LogP contribution is 2.31. The van der Waals surface area contributed by atoms with E-state index in [2.05, 4.69) is 0 Å². The molecule has 0 fully saturated rings. The molecule has 4 heteroatoms. The van der Waals surface area contributed by atoms with E-state index >= 15 is 0 Å². The number of benzene rings is 1. The van der Waals surface area contributed by atoms with Crippen molar-refractivity contribution < 1.29 is 9.53 Å². The lowest BCUT2D eigenvalue weighted by Crippen LogP contribution is -2.37. The summed E-state index contributed by atoms with van der Waals surface area (Å²) in [5.74, 6) is 0.360. The predicted octanol–water partition coefficient (Wildman–Crippen LogP) is 2.52. The van der Waals surface area contributed by atoms with Gasteiger partial charge in [-0.05, 0) is 38.5 Å². The monoisotopic (exact) mass is 246 g/mol. The van der Waals surface area contributed by atoms with Crippen molar-refractivity contribution in [3.63, 3.8) is 0 Å². The van der Waals surface area contributed by atoms with Gasteiger partial charge in [0.2, 0.25) is 5.91 Å². The van der Waals surface area contributed by atoms with E-state index in [9.17, 15) is 4.79 Å². The highest BCUT2D eigenvalue weighted by molar-refractivity contribution is 5.99. The maximum Gasteiger partial charge on any atom is 0.246 e. The van der Waals surface area contributed by atoms with Gasteiger partial charge in [0.05, 0.1) is 18.9 Å². The van der Waals surface area contributed by atoms with E-state index < -0.39 is 5.41 Å². The van der Waals surface area contributed by atoms with Crippen LogP contribution < -0.4 is 9.64 Å². The van der Waals surface area contributed by atoms with Crippen LogP contribution in [0.15, 0.2) is 18.2 Å². The second-order valence-electron chi connectivity index (χ2n) is 4.78. The zero-order valence-corrected chi connectivity index (χ0v) is 11.4. The minimum Gasteiger partial charge on any atom is -0.495 e. The van der Waals surface area contributed by atoms with Crippen molar-refractivity contribution in [2.75, 3.05) is 19.1 Å². The fourth-order valence-electron chi connectivity index (χ4n) is 1.64. The zero-order chi connectivity index (χ0) is 13.9. The van der Waals surface area contributed by atoms with Crippen molar-refractivity contribution in [1.29, 1.82) is 5.26 Å². The van der Waals surface area contributed by atoms with Crippen molar-refractivity contribution >= 4 is 11.6 Å². The normalized spacial score (nSPS) is 10.7. The van der Waals surface area contributed by atoms with Crippen LogP contribution in [0.4, 0.5) is 5.69 Å². The Kier molecular flexibility index (Phi) is 3.97. The molecule has 0 aromatic heterocycles. The van der Waals surface area contributed by atoms with Gasteiger partial charge in [0.25, 0.3) is 0 Å². The molecular weight excluding hydrogens is 228 g/mol. The molecule has 0 saturated heterocycles. The van der Waals surface area contributed by atoms with Gasteiger partial charge in [0, 0.05) is 7.05 Å². The highest BCUT2D eigenvalue weighted by Gasteiger charge is 2.32. The first-order valence-corrected chi connectivity index (χ1v) is 5.67. The summed E-state index contributed by atoms with van der Waals surface area (Å²) in [7, 11) is 3.21. The maximum absolute atomic E-state index is 12.2. The molecule has 0 radical (unpaired) electrons. The molecule has 0 aliphatic heterocycles. The van der Waals surface area contributed by atoms with Crippen LogP contribution in [-0.2, 0) is 4.79 Å². The fraction of sp³-hybridized carbons (Fsp3) is 0.429. The first-order valence-electron chi connectivity index (χ1n) is 5.67. The molecule has 1 amide bonds. The van der Waals surface area contributed by atoms with Crippen LogP contribution in [0.1, 0.15) is 19.4 Å². The number of hydrogen-bond acceptors (Lipinski definition) is 3. The number of rotatable bonds is 3. The lowest BCUT2D eigenvalue weighted by molar-refractivity contribution is -0.123. The van der Waals surface area contributed by atoms with E-state index in [1.807, 2.05) is 31.2 Å². The van der Waals surface area contributed by atoms with Crippen molar-refractivity contribution in [2.24, 2.45) is 5.41 Å². The Hall–Kier alpha value is -2.02. The molecular formula is C14H18N2O2. The van der Waals surface area contributed by atoms with Crippen LogP contribution in [0.3, 0.4) is 0 Å². The van der Waals surface area contributed by atoms with Crippen molar-refractivity contribution in [3.8, 4) is 11.8 Å². The standard InChI is InChI=1S/C14H18N2O2/c1-10-6-7-12(18-5)11(8-10)16(4)13(17)14(2,3)9-15/h6-8H,1-5H3. The molecule has 0 unspecified atom stereocenters. The summed E-state index contributed by atoms with van der Waals surface area (Å²) in [4.78, 5) is 13.7. The quantitative estimate of drug-likeness (QED) is 0.823. The van der Waals surface area contributed by atoms with Crippen LogP contribution in [0.25, 0.3) is 0 Å². The molecule has 1 aromatic carbocycles. The summed E-state index contributed by atoms with van der Waals surface area (Å²) in [6.45, 7) is 5.15. The van der Waals surface area contributed by atoms with Crippen LogP contribution in [0, 0.1) is 23.7 Å². The fourth-order valence-corrected chi connectivity index (χ4v) is 1.64. The van der Waals surface area contributed by atoms with E-state index in [1.165, 1.54) is 4.90 Å². The summed E-state index contributed by atoms with van der Waals surface area (Å²) < 4.78 is 5.24. The molecule has 0 aliphatic carbocycles. The summed E-state index contributed by atoms with van der Waals surface area (Å²) in [6, 6.07) is 7.60. The van der Waals surface area contributed by atoms with E-state index in [-0.39, 0.29) is 5.91 Å². The zero-order valence-electron chi connectivity index (χ0n) is 11.4. The number of nitriles is 1. The lowest BCUT2D eigenvalue weighted by Gasteiger charge is -2.25. The summed E-state index contributed by atoms with van der Waals surface area (Å²) in [5.41, 5.74) is 0.648. The number of ether oxygens (including phenoxy) is 1. The minimum absolute atomic E-state index is 0.256. The number of anilines is 1. The molecule has 4 nitrogen and oxygen atoms in total. The van der Waals surface area contributed by atoms with E-state index in [0.717, 1.165) is 5.56 Å². The number of methoxy groups -OCH3 is 1. The van der Waals surface area contributed by atoms with Gasteiger partial charge in [-0.15, -0.1) is 0 Å². The second-order valence-corrected chi connectivity index (χ2v) is 4.78. The number of aryl methyl sites for hydroxylation is 1. The van der Waals surface area contributed by atoms with Gasteiger partial charge in [-0.25, -0.2) is 0 Å². The number of carbonyl (C=O) groups excluding carboxylic acids is 1. The largest absolute Gasteiger partial charge is 0.495 e. The molecule has 0 atom stereocenters. The van der Waals surface area contributed by atoms with E-state index in [1.54, 1.807) is 28.0 Å². The van der Waals surface area contributed by atoms with Gasteiger partial charge in [-0.3, -0.25) is 4.79 Å². The third-order valence-electron chi connectivity index (χ3n) is 2.81. The van der Waals surface area contributed by atoms with Gasteiger partial charge in [0.15, 0.2) is 0 Å². The molecule has 96 valence electrons. The third-order valence-corrected chi connectivity index (χ3v) is 2.81. The Morgan fingerprint density at radius 2 is 2.06 bits per heavy atom. The average Bonchev–Trinajstić information content (AvgIpc) is 2.36. The van der Waals surface area contributed by atoms with E-state index in [0.29, 0.717) is 11.4 Å². The Morgan fingerprint density at radius 1 is 1.44 bits per heavy atom. The van der Waals surface area contributed by atoms with Crippen LogP contribution in [0.2, 0.25) is 0 Å². The lowest BCUT2D eigenvalue weighted by atomic mass is 9.93. The topological polar surface area (TPSA) is 53.3 Å². The number of hydrogen-bond donors (Lipinski definition) is 0. The Labute approximate surface area is 108 Å². The molecule has 0 N–H and O–H groups in total. The molecule has 0 heterocycles. The Bertz CT molecular complexity index is 501. The van der Waals surface area contributed by atoms with Gasteiger partial charge >= 0.3 is 0 Å². The molecule has 0 saturated carbocycles. The van der Waals surface area contributed by atoms with Crippen molar-refractivity contribution in [3.05, 3.63) is 23.8 Å². The maximum atomic E-state index is 12.2. The van der Waals surface area contributed by atoms with Crippen molar-refractivity contribution in [2.45, 2.75) is 20.8 Å². The molecule has 0 aliphatic rings. The van der Waals surface area contributed by atoms with Crippen LogP contribution in [0.5, 0.6) is 5.75 Å². The number of amides is 1. The summed E-state index contributed by atoms with van der Waals surface area (Å²) >= 11 is 0. The highest BCUT2D eigenvalue weighted by atomic mass is 16.5.